The van der Waals surface area contributed by atoms with Gasteiger partial charge in [0.2, 0.25) is 0 Å². The SMILES string of the molecule is Nc1ccc(-c2ccc(N=S(=O)=O)cc2)c(-c2ccccc2)c1-c1ccccc1. The summed E-state index contributed by atoms with van der Waals surface area (Å²) in [6.45, 7) is 0. The highest BCUT2D eigenvalue weighted by Crippen LogP contribution is 2.43. The standard InChI is InChI=1S/C24H18N2O2S/c25-22-16-15-21(17-11-13-20(14-12-17)26-29(27)28)23(18-7-3-1-4-8-18)24(22)19-9-5-2-6-10-19/h1-16H,25H2. The number of hydrogen-bond donors (Lipinski definition) is 1. The predicted octanol–water partition coefficient (Wildman–Crippen LogP) is 5.96. The molecule has 5 heteroatoms. The summed E-state index contributed by atoms with van der Waals surface area (Å²) in [5, 5.41) is 0. The lowest BCUT2D eigenvalue weighted by molar-refractivity contribution is 0.622. The van der Waals surface area contributed by atoms with Gasteiger partial charge in [0, 0.05) is 11.3 Å². The van der Waals surface area contributed by atoms with E-state index in [2.05, 4.69) is 16.5 Å². The van der Waals surface area contributed by atoms with E-state index in [9.17, 15) is 8.42 Å². The van der Waals surface area contributed by atoms with Gasteiger partial charge in [-0.25, -0.2) is 0 Å². The summed E-state index contributed by atoms with van der Waals surface area (Å²) in [6, 6.07) is 31.2. The van der Waals surface area contributed by atoms with Crippen molar-refractivity contribution in [3.8, 4) is 33.4 Å². The van der Waals surface area contributed by atoms with Crippen molar-refractivity contribution < 1.29 is 8.42 Å². The second-order valence-electron chi connectivity index (χ2n) is 6.54. The maximum atomic E-state index is 10.8. The zero-order chi connectivity index (χ0) is 20.2. The molecule has 0 radical (unpaired) electrons. The molecule has 29 heavy (non-hydrogen) atoms. The van der Waals surface area contributed by atoms with Crippen molar-refractivity contribution in [3.63, 3.8) is 0 Å². The molecule has 142 valence electrons. The number of benzene rings is 4. The van der Waals surface area contributed by atoms with Gasteiger partial charge in [0.25, 0.3) is 0 Å². The van der Waals surface area contributed by atoms with Crippen LogP contribution in [0.5, 0.6) is 0 Å². The molecule has 0 aromatic heterocycles. The van der Waals surface area contributed by atoms with Gasteiger partial charge in [-0.2, -0.15) is 8.42 Å². The monoisotopic (exact) mass is 398 g/mol. The summed E-state index contributed by atoms with van der Waals surface area (Å²) in [5.41, 5.74) is 13.6. The highest BCUT2D eigenvalue weighted by atomic mass is 32.2. The van der Waals surface area contributed by atoms with Crippen LogP contribution in [0, 0.1) is 0 Å². The average molecular weight is 398 g/mol. The Bertz CT molecular complexity index is 1270. The maximum Gasteiger partial charge on any atom is 0.316 e. The molecule has 0 aliphatic rings. The Kier molecular flexibility index (Phi) is 5.22. The van der Waals surface area contributed by atoms with Crippen LogP contribution < -0.4 is 5.73 Å². The third-order valence-corrected chi connectivity index (χ3v) is 5.08. The summed E-state index contributed by atoms with van der Waals surface area (Å²) in [6.07, 6.45) is 0. The number of rotatable bonds is 4. The van der Waals surface area contributed by atoms with Gasteiger partial charge in [-0.15, -0.1) is 4.36 Å². The highest BCUT2D eigenvalue weighted by Gasteiger charge is 2.16. The molecule has 4 aromatic carbocycles. The zero-order valence-corrected chi connectivity index (χ0v) is 16.3. The van der Waals surface area contributed by atoms with Crippen LogP contribution in [0.1, 0.15) is 0 Å². The second kappa shape index (κ2) is 8.12. The number of anilines is 1. The Morgan fingerprint density at radius 2 is 1.14 bits per heavy atom. The van der Waals surface area contributed by atoms with Gasteiger partial charge in [0.05, 0.1) is 5.69 Å². The van der Waals surface area contributed by atoms with Crippen LogP contribution in [-0.2, 0) is 10.5 Å². The van der Waals surface area contributed by atoms with E-state index in [4.69, 9.17) is 5.73 Å². The molecule has 0 aliphatic carbocycles. The molecule has 0 heterocycles. The summed E-state index contributed by atoms with van der Waals surface area (Å²) in [5.74, 6) is 0. The lowest BCUT2D eigenvalue weighted by Gasteiger charge is -2.18. The van der Waals surface area contributed by atoms with Crippen molar-refractivity contribution in [2.75, 3.05) is 5.73 Å². The quantitative estimate of drug-likeness (QED) is 0.431. The van der Waals surface area contributed by atoms with E-state index in [-0.39, 0.29) is 0 Å². The second-order valence-corrected chi connectivity index (χ2v) is 7.16. The molecular formula is C24H18N2O2S. The minimum atomic E-state index is -2.47. The average Bonchev–Trinajstić information content (AvgIpc) is 2.75. The van der Waals surface area contributed by atoms with E-state index in [1.807, 2.05) is 72.8 Å². The predicted molar refractivity (Wildman–Crippen MR) is 118 cm³/mol. The van der Waals surface area contributed by atoms with Gasteiger partial charge < -0.3 is 5.73 Å². The Hall–Kier alpha value is -3.70. The molecule has 0 amide bonds. The van der Waals surface area contributed by atoms with Crippen molar-refractivity contribution in [2.24, 2.45) is 4.36 Å². The summed E-state index contributed by atoms with van der Waals surface area (Å²) < 4.78 is 25.2. The Morgan fingerprint density at radius 1 is 0.586 bits per heavy atom. The third kappa shape index (κ3) is 3.95. The number of nitrogen functional groups attached to an aromatic ring is 1. The first-order valence-corrected chi connectivity index (χ1v) is 10.1. The van der Waals surface area contributed by atoms with Crippen LogP contribution in [-0.4, -0.2) is 8.42 Å². The first kappa shape index (κ1) is 18.7. The molecule has 0 bridgehead atoms. The fourth-order valence-corrected chi connectivity index (χ4v) is 3.76. The van der Waals surface area contributed by atoms with Gasteiger partial charge in [0.1, 0.15) is 0 Å². The number of nitrogens with zero attached hydrogens (tertiary/aromatic N) is 1. The highest BCUT2D eigenvalue weighted by molar-refractivity contribution is 7.61. The van der Waals surface area contributed by atoms with E-state index in [1.165, 1.54) is 0 Å². The van der Waals surface area contributed by atoms with Crippen LogP contribution in [0.4, 0.5) is 11.4 Å². The topological polar surface area (TPSA) is 72.5 Å². The number of nitrogens with two attached hydrogens (primary N) is 1. The van der Waals surface area contributed by atoms with Crippen molar-refractivity contribution in [2.45, 2.75) is 0 Å². The molecule has 0 saturated heterocycles. The van der Waals surface area contributed by atoms with Crippen LogP contribution >= 0.6 is 0 Å². The van der Waals surface area contributed by atoms with Crippen molar-refractivity contribution >= 4 is 21.9 Å². The normalized spacial score (nSPS) is 10.5. The summed E-state index contributed by atoms with van der Waals surface area (Å²) in [7, 11) is -2.47. The molecule has 4 rings (SSSR count). The lowest BCUT2D eigenvalue weighted by atomic mass is 9.86. The Morgan fingerprint density at radius 3 is 1.69 bits per heavy atom. The first-order valence-electron chi connectivity index (χ1n) is 9.08. The summed E-state index contributed by atoms with van der Waals surface area (Å²) in [4.78, 5) is 0. The minimum Gasteiger partial charge on any atom is -0.398 e. The molecule has 4 nitrogen and oxygen atoms in total. The smallest absolute Gasteiger partial charge is 0.316 e. The third-order valence-electron chi connectivity index (χ3n) is 4.72. The molecule has 0 spiro atoms. The van der Waals surface area contributed by atoms with Gasteiger partial charge in [0.15, 0.2) is 0 Å². The molecule has 0 aliphatic heterocycles. The van der Waals surface area contributed by atoms with E-state index in [0.717, 1.165) is 33.4 Å². The summed E-state index contributed by atoms with van der Waals surface area (Å²) >= 11 is 0. The Labute approximate surface area is 171 Å². The van der Waals surface area contributed by atoms with Crippen LogP contribution in [0.3, 0.4) is 0 Å². The Balaban J connectivity index is 1.99. The van der Waals surface area contributed by atoms with Crippen LogP contribution in [0.2, 0.25) is 0 Å². The fraction of sp³-hybridized carbons (Fsp3) is 0. The zero-order valence-electron chi connectivity index (χ0n) is 15.5. The molecule has 0 atom stereocenters. The van der Waals surface area contributed by atoms with Crippen LogP contribution in [0.15, 0.2) is 101 Å². The van der Waals surface area contributed by atoms with Crippen molar-refractivity contribution in [3.05, 3.63) is 97.1 Å². The van der Waals surface area contributed by atoms with Crippen molar-refractivity contribution in [1.29, 1.82) is 0 Å². The van der Waals surface area contributed by atoms with Crippen molar-refractivity contribution in [1.82, 2.24) is 0 Å². The minimum absolute atomic E-state index is 0.391. The molecule has 4 aromatic rings. The van der Waals surface area contributed by atoms with Crippen LogP contribution in [0.25, 0.3) is 33.4 Å². The lowest BCUT2D eigenvalue weighted by Crippen LogP contribution is -1.96. The van der Waals surface area contributed by atoms with E-state index >= 15 is 0 Å². The molecule has 0 saturated carbocycles. The molecule has 2 N–H and O–H groups in total. The van der Waals surface area contributed by atoms with Gasteiger partial charge >= 0.3 is 10.5 Å². The maximum absolute atomic E-state index is 10.8. The van der Waals surface area contributed by atoms with Gasteiger partial charge in [-0.05, 0) is 46.0 Å². The largest absolute Gasteiger partial charge is 0.398 e. The number of hydrogen-bond acceptors (Lipinski definition) is 4. The fourth-order valence-electron chi connectivity index (χ4n) is 3.47. The molecule has 0 fully saturated rings. The first-order chi connectivity index (χ1) is 14.1. The van der Waals surface area contributed by atoms with E-state index in [0.29, 0.717) is 11.4 Å². The molecular weight excluding hydrogens is 380 g/mol. The van der Waals surface area contributed by atoms with Gasteiger partial charge in [-0.3, -0.25) is 0 Å². The van der Waals surface area contributed by atoms with E-state index in [1.54, 1.807) is 12.1 Å². The van der Waals surface area contributed by atoms with Gasteiger partial charge in [-0.1, -0.05) is 78.9 Å². The van der Waals surface area contributed by atoms with E-state index < -0.39 is 10.5 Å². The molecule has 0 unspecified atom stereocenters.